The maximum atomic E-state index is 14.5. The van der Waals surface area contributed by atoms with E-state index in [1.165, 1.54) is 16.7 Å². The summed E-state index contributed by atoms with van der Waals surface area (Å²) in [5.41, 5.74) is 3.05. The number of sulfonamides is 1. The van der Waals surface area contributed by atoms with E-state index in [0.717, 1.165) is 25.9 Å². The minimum Gasteiger partial charge on any atom is -0.354 e. The highest BCUT2D eigenvalue weighted by Gasteiger charge is 2.34. The normalized spacial score (nSPS) is 12.0. The van der Waals surface area contributed by atoms with Crippen LogP contribution in [0.15, 0.2) is 119 Å². The minimum absolute atomic E-state index is 0.0822. The van der Waals surface area contributed by atoms with Gasteiger partial charge in [0.2, 0.25) is 11.8 Å². The van der Waals surface area contributed by atoms with Gasteiger partial charge in [0.05, 0.1) is 10.6 Å². The molecule has 1 atom stereocenters. The van der Waals surface area contributed by atoms with Crippen LogP contribution in [0.1, 0.15) is 30.5 Å². The molecule has 0 spiro atoms. The Morgan fingerprint density at radius 3 is 1.93 bits per heavy atom. The number of carbonyl (C=O) groups excluding carboxylic acids is 2. The maximum absolute atomic E-state index is 14.5. The lowest BCUT2D eigenvalue weighted by molar-refractivity contribution is -0.140. The van der Waals surface area contributed by atoms with Crippen molar-refractivity contribution in [2.24, 2.45) is 5.92 Å². The Morgan fingerprint density at radius 1 is 0.800 bits per heavy atom. The van der Waals surface area contributed by atoms with Gasteiger partial charge in [-0.1, -0.05) is 92.2 Å². The first kappa shape index (κ1) is 33.8. The average molecular weight is 644 g/mol. The van der Waals surface area contributed by atoms with E-state index in [4.69, 9.17) is 0 Å². The van der Waals surface area contributed by atoms with Crippen molar-refractivity contribution in [3.63, 3.8) is 0 Å². The van der Waals surface area contributed by atoms with Crippen molar-refractivity contribution in [3.05, 3.63) is 126 Å². The third-order valence-corrected chi connectivity index (χ3v) is 9.93. The molecule has 4 aromatic carbocycles. The van der Waals surface area contributed by atoms with Crippen LogP contribution in [0.5, 0.6) is 0 Å². The monoisotopic (exact) mass is 643 g/mol. The molecule has 0 aromatic heterocycles. The number of rotatable bonds is 14. The van der Waals surface area contributed by atoms with Crippen LogP contribution in [0.2, 0.25) is 0 Å². The van der Waals surface area contributed by atoms with Gasteiger partial charge in [0.25, 0.3) is 10.0 Å². The van der Waals surface area contributed by atoms with Gasteiger partial charge in [-0.2, -0.15) is 0 Å². The SMILES string of the molecule is CSc1ccc(S(=O)(=O)N(CC(=O)N(Cc2ccccc2)[C@@H](Cc2ccccc2)C(=O)NCC(C)C)c2ccc(C)cc2)cc1. The van der Waals surface area contributed by atoms with Gasteiger partial charge >= 0.3 is 0 Å². The zero-order valence-corrected chi connectivity index (χ0v) is 27.9. The van der Waals surface area contributed by atoms with Crippen LogP contribution in [-0.4, -0.2) is 50.5 Å². The second kappa shape index (κ2) is 15.8. The number of benzene rings is 4. The molecule has 0 aliphatic heterocycles. The number of nitrogens with one attached hydrogen (secondary N) is 1. The van der Waals surface area contributed by atoms with Gasteiger partial charge in [0, 0.05) is 24.4 Å². The van der Waals surface area contributed by atoms with Gasteiger partial charge in [-0.25, -0.2) is 8.42 Å². The molecule has 45 heavy (non-hydrogen) atoms. The molecule has 7 nitrogen and oxygen atoms in total. The lowest BCUT2D eigenvalue weighted by atomic mass is 10.0. The number of carbonyl (C=O) groups is 2. The molecule has 0 unspecified atom stereocenters. The number of aryl methyl sites for hydroxylation is 1. The fourth-order valence-electron chi connectivity index (χ4n) is 4.87. The molecule has 2 amide bonds. The fraction of sp³-hybridized carbons (Fsp3) is 0.278. The van der Waals surface area contributed by atoms with Crippen molar-refractivity contribution in [1.82, 2.24) is 10.2 Å². The Kier molecular flexibility index (Phi) is 11.8. The van der Waals surface area contributed by atoms with Crippen LogP contribution in [0.3, 0.4) is 0 Å². The van der Waals surface area contributed by atoms with Crippen LogP contribution >= 0.6 is 11.8 Å². The molecule has 4 aromatic rings. The molecule has 0 saturated carbocycles. The average Bonchev–Trinajstić information content (AvgIpc) is 3.05. The number of hydrogen-bond acceptors (Lipinski definition) is 5. The van der Waals surface area contributed by atoms with Gasteiger partial charge in [-0.3, -0.25) is 13.9 Å². The molecule has 1 N–H and O–H groups in total. The quantitative estimate of drug-likeness (QED) is 0.163. The first-order valence-corrected chi connectivity index (χ1v) is 17.6. The maximum Gasteiger partial charge on any atom is 0.264 e. The number of hydrogen-bond donors (Lipinski definition) is 1. The smallest absolute Gasteiger partial charge is 0.264 e. The number of nitrogens with zero attached hydrogens (tertiary/aromatic N) is 2. The molecule has 0 heterocycles. The van der Waals surface area contributed by atoms with E-state index in [-0.39, 0.29) is 29.7 Å². The molecule has 0 radical (unpaired) electrons. The van der Waals surface area contributed by atoms with Crippen LogP contribution < -0.4 is 9.62 Å². The Hall–Kier alpha value is -4.08. The largest absolute Gasteiger partial charge is 0.354 e. The van der Waals surface area contributed by atoms with Crippen molar-refractivity contribution in [2.75, 3.05) is 23.7 Å². The summed E-state index contributed by atoms with van der Waals surface area (Å²) in [6.45, 7) is 6.04. The number of anilines is 1. The van der Waals surface area contributed by atoms with Crippen LogP contribution in [0, 0.1) is 12.8 Å². The first-order chi connectivity index (χ1) is 21.6. The number of thioether (sulfide) groups is 1. The van der Waals surface area contributed by atoms with Gasteiger partial charge < -0.3 is 10.2 Å². The van der Waals surface area contributed by atoms with Crippen molar-refractivity contribution in [3.8, 4) is 0 Å². The molecule has 0 aliphatic carbocycles. The van der Waals surface area contributed by atoms with E-state index < -0.39 is 28.5 Å². The minimum atomic E-state index is -4.14. The lowest BCUT2D eigenvalue weighted by Crippen LogP contribution is -2.53. The molecular formula is C36H41N3O4S2. The van der Waals surface area contributed by atoms with Crippen molar-refractivity contribution in [1.29, 1.82) is 0 Å². The summed E-state index contributed by atoms with van der Waals surface area (Å²) < 4.78 is 29.5. The standard InChI is InChI=1S/C36H41N3O4S2/c1-27(2)24-37-36(41)34(23-29-11-7-5-8-12-29)38(25-30-13-9-6-10-14-30)35(40)26-39(31-17-15-28(3)16-18-31)45(42,43)33-21-19-32(44-4)20-22-33/h5-22,27,34H,23-26H2,1-4H3,(H,37,41)/t34-/m0/s1. The Morgan fingerprint density at radius 2 is 1.38 bits per heavy atom. The van der Waals surface area contributed by atoms with Crippen molar-refractivity contribution in [2.45, 2.75) is 49.6 Å². The van der Waals surface area contributed by atoms with Gasteiger partial charge in [0.15, 0.2) is 0 Å². The Labute approximate surface area is 271 Å². The van der Waals surface area contributed by atoms with Crippen LogP contribution in [0.25, 0.3) is 0 Å². The summed E-state index contributed by atoms with van der Waals surface area (Å²) in [5, 5.41) is 3.02. The summed E-state index contributed by atoms with van der Waals surface area (Å²) >= 11 is 1.51. The highest BCUT2D eigenvalue weighted by molar-refractivity contribution is 7.98. The highest BCUT2D eigenvalue weighted by Crippen LogP contribution is 2.27. The van der Waals surface area contributed by atoms with E-state index >= 15 is 0 Å². The van der Waals surface area contributed by atoms with Crippen LogP contribution in [-0.2, 0) is 32.6 Å². The van der Waals surface area contributed by atoms with Gasteiger partial charge in [-0.15, -0.1) is 11.8 Å². The van der Waals surface area contributed by atoms with Crippen molar-refractivity contribution >= 4 is 39.3 Å². The van der Waals surface area contributed by atoms with E-state index in [9.17, 15) is 18.0 Å². The summed E-state index contributed by atoms with van der Waals surface area (Å²) in [4.78, 5) is 30.8. The third-order valence-electron chi connectivity index (χ3n) is 7.40. The molecule has 236 valence electrons. The Balaban J connectivity index is 1.78. The molecule has 0 aliphatic rings. The molecule has 0 bridgehead atoms. The molecular weight excluding hydrogens is 603 g/mol. The molecule has 0 saturated heterocycles. The van der Waals surface area contributed by atoms with Gasteiger partial charge in [0.1, 0.15) is 12.6 Å². The third kappa shape index (κ3) is 9.22. The van der Waals surface area contributed by atoms with E-state index in [1.54, 1.807) is 36.4 Å². The van der Waals surface area contributed by atoms with Gasteiger partial charge in [-0.05, 0) is 66.6 Å². The number of amides is 2. The Bertz CT molecular complexity index is 1640. The highest BCUT2D eigenvalue weighted by atomic mass is 32.2. The fourth-order valence-corrected chi connectivity index (χ4v) is 6.69. The zero-order chi connectivity index (χ0) is 32.4. The predicted octanol–water partition coefficient (Wildman–Crippen LogP) is 6.32. The summed E-state index contributed by atoms with van der Waals surface area (Å²) in [6, 6.07) is 31.8. The first-order valence-electron chi connectivity index (χ1n) is 15.0. The topological polar surface area (TPSA) is 86.8 Å². The summed E-state index contributed by atoms with van der Waals surface area (Å²) in [6.07, 6.45) is 2.20. The van der Waals surface area contributed by atoms with E-state index in [1.807, 2.05) is 99.8 Å². The zero-order valence-electron chi connectivity index (χ0n) is 26.2. The van der Waals surface area contributed by atoms with E-state index in [0.29, 0.717) is 12.2 Å². The second-order valence-corrected chi connectivity index (χ2v) is 14.1. The molecule has 9 heteroatoms. The predicted molar refractivity (Wildman–Crippen MR) is 183 cm³/mol. The second-order valence-electron chi connectivity index (χ2n) is 11.4. The van der Waals surface area contributed by atoms with Crippen LogP contribution in [0.4, 0.5) is 5.69 Å². The van der Waals surface area contributed by atoms with E-state index in [2.05, 4.69) is 5.32 Å². The molecule has 4 rings (SSSR count). The molecule has 0 fully saturated rings. The summed E-state index contributed by atoms with van der Waals surface area (Å²) in [7, 11) is -4.14. The lowest BCUT2D eigenvalue weighted by Gasteiger charge is -2.34. The van der Waals surface area contributed by atoms with Crippen molar-refractivity contribution < 1.29 is 18.0 Å². The summed E-state index contributed by atoms with van der Waals surface area (Å²) in [5.74, 6) is -0.553.